The molecule has 0 aliphatic rings. The van der Waals surface area contributed by atoms with Crippen molar-refractivity contribution in [1.29, 1.82) is 5.41 Å². The average Bonchev–Trinajstić information content (AvgIpc) is 2.46. The lowest BCUT2D eigenvalue weighted by Crippen LogP contribution is -2.10. The van der Waals surface area contributed by atoms with Gasteiger partial charge in [-0.1, -0.05) is 48.6 Å². The first-order valence-corrected chi connectivity index (χ1v) is 6.24. The van der Waals surface area contributed by atoms with Gasteiger partial charge in [-0.2, -0.15) is 0 Å². The van der Waals surface area contributed by atoms with Gasteiger partial charge in [0.1, 0.15) is 11.6 Å². The van der Waals surface area contributed by atoms with Gasteiger partial charge in [-0.05, 0) is 17.2 Å². The van der Waals surface area contributed by atoms with Crippen LogP contribution in [0.15, 0.2) is 42.5 Å². The van der Waals surface area contributed by atoms with Crippen LogP contribution in [0.5, 0.6) is 5.75 Å². The molecule has 0 aliphatic heterocycles. The van der Waals surface area contributed by atoms with Crippen LogP contribution in [0.3, 0.4) is 0 Å². The fraction of sp³-hybridized carbons (Fsp3) is 0.0625. The number of phenolic OH excluding ortho intramolecular Hbond substituents is 1. The van der Waals surface area contributed by atoms with Crippen LogP contribution >= 0.6 is 0 Å². The van der Waals surface area contributed by atoms with Crippen LogP contribution in [0, 0.1) is 5.41 Å². The molecule has 0 amide bonds. The molecule has 6 N–H and O–H groups in total. The fourth-order valence-corrected chi connectivity index (χ4v) is 1.80. The Balaban J connectivity index is 2.20. The Labute approximate surface area is 117 Å². The number of amidine groups is 1. The summed E-state index contributed by atoms with van der Waals surface area (Å²) in [7, 11) is 0. The van der Waals surface area contributed by atoms with Gasteiger partial charge in [0.2, 0.25) is 0 Å². The third kappa shape index (κ3) is 3.24. The summed E-state index contributed by atoms with van der Waals surface area (Å²) < 4.78 is 0. The van der Waals surface area contributed by atoms with Crippen LogP contribution in [0.1, 0.15) is 22.3 Å². The summed E-state index contributed by atoms with van der Waals surface area (Å²) in [5.41, 5.74) is 14.2. The van der Waals surface area contributed by atoms with Gasteiger partial charge in [-0.25, -0.2) is 0 Å². The lowest BCUT2D eigenvalue weighted by molar-refractivity contribution is 0.474. The summed E-state index contributed by atoms with van der Waals surface area (Å²) in [5, 5.41) is 17.2. The van der Waals surface area contributed by atoms with E-state index in [0.717, 1.165) is 11.1 Å². The minimum atomic E-state index is -0.0618. The summed E-state index contributed by atoms with van der Waals surface area (Å²) in [6.45, 7) is 0.525. The van der Waals surface area contributed by atoms with Crippen LogP contribution in [0.2, 0.25) is 0 Å². The molecule has 4 nitrogen and oxygen atoms in total. The second kappa shape index (κ2) is 6.04. The molecule has 0 aromatic heterocycles. The van der Waals surface area contributed by atoms with E-state index in [1.54, 1.807) is 12.1 Å². The number of nitrogens with two attached hydrogens (primary N) is 2. The van der Waals surface area contributed by atoms with E-state index in [1.165, 1.54) is 6.07 Å². The van der Waals surface area contributed by atoms with Crippen molar-refractivity contribution in [3.05, 3.63) is 64.7 Å². The van der Waals surface area contributed by atoms with Crippen molar-refractivity contribution in [3.8, 4) is 5.75 Å². The van der Waals surface area contributed by atoms with Gasteiger partial charge in [0, 0.05) is 17.7 Å². The van der Waals surface area contributed by atoms with Crippen LogP contribution in [-0.2, 0) is 6.54 Å². The maximum atomic E-state index is 9.88. The van der Waals surface area contributed by atoms with Crippen LogP contribution < -0.4 is 11.5 Å². The quantitative estimate of drug-likeness (QED) is 0.389. The lowest BCUT2D eigenvalue weighted by Gasteiger charge is -2.03. The summed E-state index contributed by atoms with van der Waals surface area (Å²) >= 11 is 0. The van der Waals surface area contributed by atoms with E-state index in [1.807, 2.05) is 36.4 Å². The Morgan fingerprint density at radius 3 is 2.35 bits per heavy atom. The normalized spacial score (nSPS) is 10.8. The molecular formula is C16H17N3O. The molecule has 0 saturated heterocycles. The molecule has 0 unspecified atom stereocenters. The predicted octanol–water partition coefficient (Wildman–Crippen LogP) is 2.31. The average molecular weight is 267 g/mol. The predicted molar refractivity (Wildman–Crippen MR) is 82.4 cm³/mol. The summed E-state index contributed by atoms with van der Waals surface area (Å²) in [4.78, 5) is 0. The van der Waals surface area contributed by atoms with Crippen molar-refractivity contribution >= 4 is 18.0 Å². The molecular weight excluding hydrogens is 250 g/mol. The second-order valence-electron chi connectivity index (χ2n) is 4.47. The zero-order chi connectivity index (χ0) is 14.5. The van der Waals surface area contributed by atoms with E-state index in [2.05, 4.69) is 0 Å². The summed E-state index contributed by atoms with van der Waals surface area (Å²) in [5.74, 6) is 0.0423. The maximum Gasteiger partial charge on any atom is 0.123 e. The second-order valence-corrected chi connectivity index (χ2v) is 4.47. The molecule has 20 heavy (non-hydrogen) atoms. The topological polar surface area (TPSA) is 96.1 Å². The molecule has 0 heterocycles. The fourth-order valence-electron chi connectivity index (χ4n) is 1.80. The molecule has 4 heteroatoms. The number of nitrogens with one attached hydrogen (secondary N) is 1. The molecule has 102 valence electrons. The van der Waals surface area contributed by atoms with Gasteiger partial charge < -0.3 is 16.6 Å². The Morgan fingerprint density at radius 1 is 1.10 bits per heavy atom. The highest BCUT2D eigenvalue weighted by Gasteiger charge is 2.01. The third-order valence-corrected chi connectivity index (χ3v) is 3.01. The van der Waals surface area contributed by atoms with Gasteiger partial charge in [0.15, 0.2) is 0 Å². The van der Waals surface area contributed by atoms with Gasteiger partial charge in [0.25, 0.3) is 0 Å². The largest absolute Gasteiger partial charge is 0.507 e. The highest BCUT2D eigenvalue weighted by Crippen LogP contribution is 2.21. The van der Waals surface area contributed by atoms with Crippen LogP contribution in [0.25, 0.3) is 12.2 Å². The molecule has 0 bridgehead atoms. The number of phenols is 1. The van der Waals surface area contributed by atoms with Crippen molar-refractivity contribution in [2.24, 2.45) is 11.5 Å². The molecule has 0 spiro atoms. The molecule has 0 fully saturated rings. The molecule has 0 radical (unpaired) electrons. The Hall–Kier alpha value is -2.59. The third-order valence-electron chi connectivity index (χ3n) is 3.01. The zero-order valence-corrected chi connectivity index (χ0v) is 11.0. The van der Waals surface area contributed by atoms with E-state index in [9.17, 15) is 5.11 Å². The summed E-state index contributed by atoms with van der Waals surface area (Å²) in [6.07, 6.45) is 3.72. The highest BCUT2D eigenvalue weighted by atomic mass is 16.3. The highest BCUT2D eigenvalue weighted by molar-refractivity contribution is 5.95. The van der Waals surface area contributed by atoms with Crippen molar-refractivity contribution < 1.29 is 5.11 Å². The molecule has 2 aromatic carbocycles. The first-order chi connectivity index (χ1) is 9.60. The minimum Gasteiger partial charge on any atom is -0.507 e. The van der Waals surface area contributed by atoms with Gasteiger partial charge in [-0.3, -0.25) is 5.41 Å². The molecule has 2 aromatic rings. The number of benzene rings is 2. The number of rotatable bonds is 4. The molecule has 0 saturated carbocycles. The minimum absolute atomic E-state index is 0.0618. The molecule has 2 rings (SSSR count). The Bertz CT molecular complexity index is 645. The van der Waals surface area contributed by atoms with Crippen LogP contribution in [-0.4, -0.2) is 10.9 Å². The lowest BCUT2D eigenvalue weighted by atomic mass is 10.1. The maximum absolute atomic E-state index is 9.88. The van der Waals surface area contributed by atoms with E-state index >= 15 is 0 Å². The Kier molecular flexibility index (Phi) is 4.17. The van der Waals surface area contributed by atoms with Gasteiger partial charge in [0.05, 0.1) is 0 Å². The number of hydrogen-bond donors (Lipinski definition) is 4. The number of nitrogen functional groups attached to an aromatic ring is 1. The first kappa shape index (κ1) is 13.8. The van der Waals surface area contributed by atoms with Crippen molar-refractivity contribution in [1.82, 2.24) is 0 Å². The Morgan fingerprint density at radius 2 is 1.80 bits per heavy atom. The van der Waals surface area contributed by atoms with Gasteiger partial charge >= 0.3 is 0 Å². The van der Waals surface area contributed by atoms with Gasteiger partial charge in [-0.15, -0.1) is 0 Å². The van der Waals surface area contributed by atoms with Crippen molar-refractivity contribution in [2.75, 3.05) is 0 Å². The van der Waals surface area contributed by atoms with E-state index < -0.39 is 0 Å². The molecule has 0 atom stereocenters. The standard InChI is InChI=1S/C16H17N3O/c17-10-12-3-1-11(2-4-12)5-6-13-7-8-14(16(18)19)9-15(13)20/h1-9,20H,10,17H2,(H3,18,19). The SMILES string of the molecule is N=C(N)c1ccc(C=Cc2ccc(CN)cc2)c(O)c1. The summed E-state index contributed by atoms with van der Waals surface area (Å²) in [6, 6.07) is 12.8. The first-order valence-electron chi connectivity index (χ1n) is 6.24. The smallest absolute Gasteiger partial charge is 0.123 e. The monoisotopic (exact) mass is 267 g/mol. The van der Waals surface area contributed by atoms with Crippen molar-refractivity contribution in [3.63, 3.8) is 0 Å². The van der Waals surface area contributed by atoms with E-state index in [0.29, 0.717) is 17.7 Å². The van der Waals surface area contributed by atoms with E-state index in [4.69, 9.17) is 16.9 Å². The zero-order valence-electron chi connectivity index (χ0n) is 11.0. The van der Waals surface area contributed by atoms with Crippen molar-refractivity contribution in [2.45, 2.75) is 6.54 Å². The number of hydrogen-bond acceptors (Lipinski definition) is 3. The number of aromatic hydroxyl groups is 1. The van der Waals surface area contributed by atoms with Crippen LogP contribution in [0.4, 0.5) is 0 Å². The van der Waals surface area contributed by atoms with E-state index in [-0.39, 0.29) is 11.6 Å². The molecule has 0 aliphatic carbocycles.